The molecule has 0 spiro atoms. The first-order valence-corrected chi connectivity index (χ1v) is 14.5. The topological polar surface area (TPSA) is 175 Å². The first-order valence-electron chi connectivity index (χ1n) is 9.93. The molecule has 1 aliphatic carbocycles. The summed E-state index contributed by atoms with van der Waals surface area (Å²) in [5, 5.41) is 0. The summed E-state index contributed by atoms with van der Waals surface area (Å²) in [7, 11) is -13.3. The van der Waals surface area contributed by atoms with E-state index in [2.05, 4.69) is 0 Å². The van der Waals surface area contributed by atoms with Gasteiger partial charge in [-0.2, -0.15) is 0 Å². The van der Waals surface area contributed by atoms with Crippen molar-refractivity contribution in [1.29, 1.82) is 0 Å². The summed E-state index contributed by atoms with van der Waals surface area (Å²) in [6.07, 6.45) is 4.66. The van der Waals surface area contributed by atoms with Crippen molar-refractivity contribution in [2.24, 2.45) is 5.41 Å². The number of hydrogen-bond donors (Lipinski definition) is 0. The normalized spacial score (nSPS) is 23.2. The third-order valence-corrected chi connectivity index (χ3v) is 8.60. The van der Waals surface area contributed by atoms with Crippen LogP contribution in [0.1, 0.15) is 52.4 Å². The third kappa shape index (κ3) is 10.4. The second-order valence-electron chi connectivity index (χ2n) is 8.25. The Morgan fingerprint density at radius 3 is 1.97 bits per heavy atom. The molecule has 1 saturated heterocycles. The van der Waals surface area contributed by atoms with E-state index in [0.29, 0.717) is 31.7 Å². The number of unbranched alkanes of at least 4 members (excludes halogenated alkanes) is 2. The molecule has 178 valence electrons. The molecular weight excluding hydrogens is 549 g/mol. The molecule has 0 bridgehead atoms. The van der Waals surface area contributed by atoms with Crippen LogP contribution in [-0.4, -0.2) is 67.9 Å². The third-order valence-electron chi connectivity index (χ3n) is 6.10. The summed E-state index contributed by atoms with van der Waals surface area (Å²) < 4.78 is 99.8. The standard InChI is InChI=1S/C18H29NO9S3.2K/c1-14-18(2,9-3-5-11-29(20,21)22)16-13-15(31(26,27)28)7-8-17(16)19(14)10-4-6-12-30(23,24)25;;/h8,13-14H,3-7,9-12H2,1-2H3,(H2-,20,21,22,23,24,25,26,27,28);;/q;2*+1/p-2. The van der Waals surface area contributed by atoms with Crippen molar-refractivity contribution in [2.75, 3.05) is 18.1 Å². The SMILES string of the molecule is CC1N(CCCCS(=O)(=O)[O-])C2=CCC(S(=O)(=O)[O-])=C[C+]2C1(C)CCCCS(=O)(=O)[O-].[K+].[K+]. The minimum Gasteiger partial charge on any atom is -0.748 e. The second kappa shape index (κ2) is 13.8. The molecule has 0 aromatic rings. The molecular formula is C18H27K2NO9S3. The van der Waals surface area contributed by atoms with E-state index in [-0.39, 0.29) is 133 Å². The van der Waals surface area contributed by atoms with E-state index in [1.807, 2.05) is 18.7 Å². The van der Waals surface area contributed by atoms with E-state index in [0.717, 1.165) is 5.70 Å². The maximum absolute atomic E-state index is 11.6. The minimum atomic E-state index is -4.63. The Morgan fingerprint density at radius 2 is 1.48 bits per heavy atom. The predicted octanol–water partition coefficient (Wildman–Crippen LogP) is -4.96. The van der Waals surface area contributed by atoms with E-state index in [4.69, 9.17) is 0 Å². The molecule has 2 unspecified atom stereocenters. The van der Waals surface area contributed by atoms with Crippen molar-refractivity contribution in [1.82, 2.24) is 4.90 Å². The van der Waals surface area contributed by atoms with E-state index in [1.165, 1.54) is 6.08 Å². The molecule has 1 aliphatic heterocycles. The van der Waals surface area contributed by atoms with Crippen LogP contribution in [0.25, 0.3) is 0 Å². The van der Waals surface area contributed by atoms with E-state index in [9.17, 15) is 38.9 Å². The number of hydrogen-bond acceptors (Lipinski definition) is 10. The summed E-state index contributed by atoms with van der Waals surface area (Å²) in [6.45, 7) is 4.25. The Kier molecular flexibility index (Phi) is 14.7. The fraction of sp³-hybridized carbons (Fsp3) is 0.722. The van der Waals surface area contributed by atoms with Crippen LogP contribution in [-0.2, 0) is 30.4 Å². The first kappa shape index (κ1) is 35.2. The van der Waals surface area contributed by atoms with Crippen LogP contribution in [0.5, 0.6) is 0 Å². The van der Waals surface area contributed by atoms with Gasteiger partial charge < -0.3 is 18.6 Å². The molecule has 0 N–H and O–H groups in total. The van der Waals surface area contributed by atoms with Crippen molar-refractivity contribution in [3.8, 4) is 0 Å². The van der Waals surface area contributed by atoms with Gasteiger partial charge in [-0.3, -0.25) is 0 Å². The van der Waals surface area contributed by atoms with Crippen LogP contribution in [0.4, 0.5) is 0 Å². The molecule has 2 atom stereocenters. The Balaban J connectivity index is 0.00000512. The van der Waals surface area contributed by atoms with Gasteiger partial charge in [-0.1, -0.05) is 6.42 Å². The quantitative estimate of drug-likeness (QED) is 0.100. The van der Waals surface area contributed by atoms with Crippen molar-refractivity contribution >= 4 is 30.4 Å². The average molecular weight is 576 g/mol. The molecule has 0 aromatic heterocycles. The smallest absolute Gasteiger partial charge is 0.748 e. The van der Waals surface area contributed by atoms with Gasteiger partial charge in [-0.15, -0.1) is 0 Å². The summed E-state index contributed by atoms with van der Waals surface area (Å²) in [5.41, 5.74) is 0.142. The minimum absolute atomic E-state index is 0. The maximum atomic E-state index is 11.6. The Morgan fingerprint density at radius 1 is 0.970 bits per heavy atom. The van der Waals surface area contributed by atoms with E-state index < -0.39 is 47.3 Å². The van der Waals surface area contributed by atoms with Crippen LogP contribution >= 0.6 is 0 Å². The maximum Gasteiger partial charge on any atom is 1.00 e. The first-order chi connectivity index (χ1) is 14.0. The Hall–Kier alpha value is 2.15. The molecule has 0 saturated carbocycles. The van der Waals surface area contributed by atoms with Gasteiger partial charge in [0, 0.05) is 30.2 Å². The van der Waals surface area contributed by atoms with Crippen molar-refractivity contribution in [3.05, 3.63) is 28.7 Å². The molecule has 0 radical (unpaired) electrons. The summed E-state index contributed by atoms with van der Waals surface area (Å²) in [5.74, 6) is -0.300. The number of fused-ring (bicyclic) bond motifs is 1. The second-order valence-corrected chi connectivity index (χ2v) is 12.7. The zero-order chi connectivity index (χ0) is 23.7. The average Bonchev–Trinajstić information content (AvgIpc) is 2.81. The van der Waals surface area contributed by atoms with Gasteiger partial charge in [0.25, 0.3) is 0 Å². The van der Waals surface area contributed by atoms with Crippen LogP contribution in [0.2, 0.25) is 0 Å². The molecule has 10 nitrogen and oxygen atoms in total. The molecule has 0 aromatic carbocycles. The Labute approximate surface area is 282 Å². The molecule has 1 heterocycles. The molecule has 1 fully saturated rings. The predicted molar refractivity (Wildman–Crippen MR) is 110 cm³/mol. The van der Waals surface area contributed by atoms with Gasteiger partial charge in [0.15, 0.2) is 10.1 Å². The van der Waals surface area contributed by atoms with Crippen molar-refractivity contribution in [3.63, 3.8) is 0 Å². The van der Waals surface area contributed by atoms with Crippen LogP contribution < -0.4 is 103 Å². The van der Waals surface area contributed by atoms with Crippen LogP contribution in [0.15, 0.2) is 22.8 Å². The number of rotatable bonds is 11. The molecule has 0 amide bonds. The monoisotopic (exact) mass is 575 g/mol. The van der Waals surface area contributed by atoms with Gasteiger partial charge in [0.05, 0.1) is 44.1 Å². The molecule has 2 aliphatic rings. The molecule has 2 rings (SSSR count). The number of likely N-dealkylation sites (tertiary alicyclic amines) is 1. The van der Waals surface area contributed by atoms with Gasteiger partial charge in [-0.05, 0) is 39.5 Å². The summed E-state index contributed by atoms with van der Waals surface area (Å²) in [4.78, 5) is 1.76. The molecule has 33 heavy (non-hydrogen) atoms. The van der Waals surface area contributed by atoms with E-state index >= 15 is 0 Å². The zero-order valence-corrected chi connectivity index (χ0v) is 28.1. The van der Waals surface area contributed by atoms with Crippen LogP contribution in [0, 0.1) is 11.3 Å². The van der Waals surface area contributed by atoms with Gasteiger partial charge in [0.1, 0.15) is 10.6 Å². The van der Waals surface area contributed by atoms with Gasteiger partial charge in [0.2, 0.25) is 0 Å². The zero-order valence-electron chi connectivity index (χ0n) is 19.4. The number of nitrogens with zero attached hydrogens (tertiary/aromatic N) is 1. The van der Waals surface area contributed by atoms with E-state index in [1.54, 1.807) is 6.08 Å². The number of allylic oxidation sites excluding steroid dienone is 3. The van der Waals surface area contributed by atoms with Crippen LogP contribution in [0.3, 0.4) is 0 Å². The van der Waals surface area contributed by atoms with Gasteiger partial charge in [-0.25, -0.2) is 25.3 Å². The fourth-order valence-corrected chi connectivity index (χ4v) is 5.94. The van der Waals surface area contributed by atoms with Gasteiger partial charge >= 0.3 is 103 Å². The fourth-order valence-electron chi connectivity index (χ4n) is 4.27. The molecule has 15 heteroatoms. The van der Waals surface area contributed by atoms with Crippen molar-refractivity contribution in [2.45, 2.75) is 58.4 Å². The Bertz CT molecular complexity index is 1060. The van der Waals surface area contributed by atoms with Crippen molar-refractivity contribution < 1.29 is 142 Å². The largest absolute Gasteiger partial charge is 1.00 e. The summed E-state index contributed by atoms with van der Waals surface area (Å²) in [6, 6.07) is -0.161. The summed E-state index contributed by atoms with van der Waals surface area (Å²) >= 11 is 0.